The van der Waals surface area contributed by atoms with E-state index in [9.17, 15) is 0 Å². The first-order valence-corrected chi connectivity index (χ1v) is 8.13. The minimum absolute atomic E-state index is 0.240. The molecule has 0 unspecified atom stereocenters. The number of benzene rings is 1. The Morgan fingerprint density at radius 2 is 2.05 bits per heavy atom. The van der Waals surface area contributed by atoms with E-state index in [0.717, 1.165) is 54.2 Å². The topological polar surface area (TPSA) is 45.9 Å². The lowest BCUT2D eigenvalue weighted by atomic mass is 9.41. The third-order valence-electron chi connectivity index (χ3n) is 4.84. The van der Waals surface area contributed by atoms with E-state index in [2.05, 4.69) is 37.2 Å². The van der Waals surface area contributed by atoms with E-state index < -0.39 is 0 Å². The van der Waals surface area contributed by atoms with Crippen LogP contribution >= 0.6 is 0 Å². The fraction of sp³-hybridized carbons (Fsp3) is 0.444. The fourth-order valence-corrected chi connectivity index (χ4v) is 3.50. The number of ether oxygens (including phenoxy) is 1. The summed E-state index contributed by atoms with van der Waals surface area (Å²) >= 11 is 0. The average Bonchev–Trinajstić information content (AvgIpc) is 2.60. The molecule has 1 aliphatic rings. The second-order valence-electron chi connectivity index (χ2n) is 6.09. The maximum atomic E-state index is 9.02. The zero-order chi connectivity index (χ0) is 15.5. The van der Waals surface area contributed by atoms with Crippen LogP contribution in [0.3, 0.4) is 0 Å². The molecule has 4 heteroatoms. The first-order valence-electron chi connectivity index (χ1n) is 8.13. The van der Waals surface area contributed by atoms with Crippen LogP contribution < -0.4 is 4.74 Å². The molecule has 2 aromatic rings. The lowest BCUT2D eigenvalue weighted by molar-refractivity contribution is 0.415. The van der Waals surface area contributed by atoms with Gasteiger partial charge in [0, 0.05) is 17.0 Å². The van der Waals surface area contributed by atoms with E-state index in [1.807, 2.05) is 0 Å². The molecule has 112 valence electrons. The Hall–Kier alpha value is -2.02. The molecule has 0 saturated carbocycles. The SMILES string of the molecule is CCc1ccc2nc(C3CCB(C#N)CC3)ccc2c1OC. The first kappa shape index (κ1) is 14.9. The molecule has 1 aromatic carbocycles. The van der Waals surface area contributed by atoms with Gasteiger partial charge < -0.3 is 4.74 Å². The van der Waals surface area contributed by atoms with Crippen molar-refractivity contribution < 1.29 is 4.74 Å². The largest absolute Gasteiger partial charge is 0.496 e. The Bertz CT molecular complexity index is 715. The Labute approximate surface area is 132 Å². The molecule has 0 N–H and O–H groups in total. The molecule has 0 atom stereocenters. The minimum atomic E-state index is 0.240. The number of fused-ring (bicyclic) bond motifs is 1. The molecule has 1 aromatic heterocycles. The van der Waals surface area contributed by atoms with Gasteiger partial charge in [0.25, 0.3) is 6.71 Å². The maximum absolute atomic E-state index is 9.02. The van der Waals surface area contributed by atoms with E-state index in [1.165, 1.54) is 5.56 Å². The van der Waals surface area contributed by atoms with Crippen LogP contribution in [0.4, 0.5) is 0 Å². The Morgan fingerprint density at radius 1 is 1.27 bits per heavy atom. The number of hydrogen-bond donors (Lipinski definition) is 0. The molecule has 1 fully saturated rings. The molecule has 0 spiro atoms. The summed E-state index contributed by atoms with van der Waals surface area (Å²) in [6.45, 7) is 2.38. The summed E-state index contributed by atoms with van der Waals surface area (Å²) in [5, 5.41) is 10.1. The number of aromatic nitrogens is 1. The normalized spacial score (nSPS) is 15.8. The summed E-state index contributed by atoms with van der Waals surface area (Å²) in [4.78, 5) is 4.87. The van der Waals surface area contributed by atoms with E-state index in [1.54, 1.807) is 7.11 Å². The van der Waals surface area contributed by atoms with Crippen LogP contribution in [0.5, 0.6) is 5.75 Å². The van der Waals surface area contributed by atoms with Gasteiger partial charge in [0.05, 0.1) is 12.6 Å². The van der Waals surface area contributed by atoms with Crippen LogP contribution in [-0.4, -0.2) is 18.8 Å². The third kappa shape index (κ3) is 2.68. The zero-order valence-electron chi connectivity index (χ0n) is 13.3. The molecule has 1 saturated heterocycles. The molecule has 2 heterocycles. The highest BCUT2D eigenvalue weighted by atomic mass is 16.5. The monoisotopic (exact) mass is 292 g/mol. The van der Waals surface area contributed by atoms with E-state index >= 15 is 0 Å². The number of methoxy groups -OCH3 is 1. The van der Waals surface area contributed by atoms with Crippen LogP contribution in [-0.2, 0) is 6.42 Å². The van der Waals surface area contributed by atoms with Crippen LogP contribution in [0, 0.1) is 11.2 Å². The van der Waals surface area contributed by atoms with Crippen molar-refractivity contribution in [3.05, 3.63) is 35.5 Å². The predicted molar refractivity (Wildman–Crippen MR) is 90.6 cm³/mol. The predicted octanol–water partition coefficient (Wildman–Crippen LogP) is 4.24. The van der Waals surface area contributed by atoms with Crippen molar-refractivity contribution >= 4 is 17.6 Å². The van der Waals surface area contributed by atoms with Gasteiger partial charge in [-0.3, -0.25) is 4.98 Å². The van der Waals surface area contributed by atoms with Crippen molar-refractivity contribution in [2.45, 2.75) is 44.7 Å². The van der Waals surface area contributed by atoms with Gasteiger partial charge in [0.2, 0.25) is 0 Å². The summed E-state index contributed by atoms with van der Waals surface area (Å²) in [5.74, 6) is 3.84. The van der Waals surface area contributed by atoms with Gasteiger partial charge in [-0.05, 0) is 36.1 Å². The average molecular weight is 292 g/mol. The second kappa shape index (κ2) is 6.40. The summed E-state index contributed by atoms with van der Waals surface area (Å²) in [5.41, 5.74) is 3.39. The van der Waals surface area contributed by atoms with Gasteiger partial charge >= 0.3 is 0 Å². The summed E-state index contributed by atoms with van der Waals surface area (Å²) in [6, 6.07) is 8.50. The van der Waals surface area contributed by atoms with E-state index in [4.69, 9.17) is 15.0 Å². The highest BCUT2D eigenvalue weighted by Crippen LogP contribution is 2.35. The lowest BCUT2D eigenvalue weighted by Crippen LogP contribution is -2.19. The Kier molecular flexibility index (Phi) is 4.33. The van der Waals surface area contributed by atoms with E-state index in [0.29, 0.717) is 5.92 Å². The van der Waals surface area contributed by atoms with Crippen molar-refractivity contribution in [2.24, 2.45) is 0 Å². The number of rotatable bonds is 3. The molecule has 0 radical (unpaired) electrons. The van der Waals surface area contributed by atoms with Crippen molar-refractivity contribution in [1.29, 1.82) is 5.26 Å². The summed E-state index contributed by atoms with van der Waals surface area (Å²) in [6.07, 6.45) is 5.10. The Morgan fingerprint density at radius 3 is 2.68 bits per heavy atom. The number of nitrogens with zero attached hydrogens (tertiary/aromatic N) is 2. The molecule has 0 amide bonds. The molecule has 3 rings (SSSR count). The molecular formula is C18H21BN2O. The molecule has 3 nitrogen and oxygen atoms in total. The Balaban J connectivity index is 1.93. The molecule has 22 heavy (non-hydrogen) atoms. The van der Waals surface area contributed by atoms with Gasteiger partial charge in [-0.25, -0.2) is 5.26 Å². The molecule has 0 bridgehead atoms. The fourth-order valence-electron chi connectivity index (χ4n) is 3.50. The lowest BCUT2D eigenvalue weighted by Gasteiger charge is -2.23. The van der Waals surface area contributed by atoms with Gasteiger partial charge in [-0.1, -0.05) is 38.5 Å². The van der Waals surface area contributed by atoms with Crippen molar-refractivity contribution in [2.75, 3.05) is 7.11 Å². The van der Waals surface area contributed by atoms with Crippen LogP contribution in [0.2, 0.25) is 12.6 Å². The van der Waals surface area contributed by atoms with Gasteiger partial charge in [0.1, 0.15) is 5.75 Å². The zero-order valence-corrected chi connectivity index (χ0v) is 13.3. The van der Waals surface area contributed by atoms with Crippen LogP contribution in [0.15, 0.2) is 24.3 Å². The van der Waals surface area contributed by atoms with Crippen LogP contribution in [0.25, 0.3) is 10.9 Å². The van der Waals surface area contributed by atoms with Gasteiger partial charge in [-0.15, -0.1) is 0 Å². The summed E-state index contributed by atoms with van der Waals surface area (Å²) in [7, 11) is 1.73. The number of aryl methyl sites for hydroxylation is 1. The molecule has 1 aliphatic heterocycles. The quantitative estimate of drug-likeness (QED) is 0.795. The number of hydrogen-bond acceptors (Lipinski definition) is 3. The molecular weight excluding hydrogens is 271 g/mol. The molecule has 0 aliphatic carbocycles. The standard InChI is InChI=1S/C18H21BN2O/c1-3-13-4-6-17-15(18(13)22-2)5-7-16(21-17)14-8-10-19(12-20)11-9-14/h4-7,14H,3,8-11H2,1-2H3. The van der Waals surface area contributed by atoms with E-state index in [-0.39, 0.29) is 6.71 Å². The smallest absolute Gasteiger partial charge is 0.267 e. The van der Waals surface area contributed by atoms with Crippen molar-refractivity contribution in [3.63, 3.8) is 0 Å². The highest BCUT2D eigenvalue weighted by molar-refractivity contribution is 6.67. The highest BCUT2D eigenvalue weighted by Gasteiger charge is 2.26. The number of nitriles is 1. The van der Waals surface area contributed by atoms with Gasteiger partial charge in [0.15, 0.2) is 0 Å². The second-order valence-corrected chi connectivity index (χ2v) is 6.09. The maximum Gasteiger partial charge on any atom is 0.267 e. The third-order valence-corrected chi connectivity index (χ3v) is 4.84. The first-order chi connectivity index (χ1) is 10.8. The van der Waals surface area contributed by atoms with Gasteiger partial charge in [-0.2, -0.15) is 0 Å². The minimum Gasteiger partial charge on any atom is -0.496 e. The van der Waals surface area contributed by atoms with Crippen LogP contribution in [0.1, 0.15) is 36.9 Å². The van der Waals surface area contributed by atoms with Crippen molar-refractivity contribution in [1.82, 2.24) is 4.98 Å². The van der Waals surface area contributed by atoms with Crippen molar-refractivity contribution in [3.8, 4) is 11.7 Å². The summed E-state index contributed by atoms with van der Waals surface area (Å²) < 4.78 is 5.59. The number of pyridine rings is 1.